The van der Waals surface area contributed by atoms with Crippen molar-refractivity contribution in [1.82, 2.24) is 0 Å². The molecule has 0 aromatic rings. The summed E-state index contributed by atoms with van der Waals surface area (Å²) in [5, 5.41) is 21.4. The molecule has 0 heterocycles. The minimum Gasteiger partial charge on any atom is -0.413 e. The van der Waals surface area contributed by atoms with Crippen molar-refractivity contribution < 1.29 is 14.6 Å². The molecule has 212 valence electrons. The van der Waals surface area contributed by atoms with Gasteiger partial charge in [0.25, 0.3) is 0 Å². The number of hydrogen-bond donors (Lipinski definition) is 2. The van der Waals surface area contributed by atoms with E-state index >= 15 is 0 Å². The summed E-state index contributed by atoms with van der Waals surface area (Å²) in [6, 6.07) is 0. The number of thioether (sulfide) groups is 1. The van der Waals surface area contributed by atoms with Gasteiger partial charge in [-0.05, 0) is 88.3 Å². The second kappa shape index (κ2) is 10.2. The molecule has 0 saturated heterocycles. The highest BCUT2D eigenvalue weighted by molar-refractivity contribution is 8.00. The first kappa shape index (κ1) is 30.2. The first-order chi connectivity index (χ1) is 17.4. The van der Waals surface area contributed by atoms with E-state index < -0.39 is 13.9 Å². The Kier molecular flexibility index (Phi) is 8.14. The fourth-order valence-corrected chi connectivity index (χ4v) is 9.84. The standard InChI is InChI=1S/C33H52O3SSi/c1-22(37-19-11-17-31(5,6)35)26-14-15-27-25-13-12-23-20-24(34)21-29(36-38(9,10)30(2,3)4)33(23,8)28(25)16-18-32(26,27)7/h12-14,22,24,27-29,34-35H,15-16,18-21H2,1-10H3/t22?,24?,27-,28-,29?,32+,33-/m0/s1. The van der Waals surface area contributed by atoms with Gasteiger partial charge in [-0.25, -0.2) is 0 Å². The molecule has 0 amide bonds. The van der Waals surface area contributed by atoms with Gasteiger partial charge in [0.1, 0.15) is 5.60 Å². The molecule has 4 rings (SSSR count). The van der Waals surface area contributed by atoms with Gasteiger partial charge in [-0.2, -0.15) is 0 Å². The molecule has 0 bridgehead atoms. The first-order valence-corrected chi connectivity index (χ1v) is 18.7. The second-order valence-corrected chi connectivity index (χ2v) is 21.0. The maximum absolute atomic E-state index is 10.9. The summed E-state index contributed by atoms with van der Waals surface area (Å²) in [4.78, 5) is 0. The lowest BCUT2D eigenvalue weighted by atomic mass is 9.49. The highest BCUT2D eigenvalue weighted by atomic mass is 32.2. The van der Waals surface area contributed by atoms with Gasteiger partial charge in [0, 0.05) is 10.7 Å². The lowest BCUT2D eigenvalue weighted by Gasteiger charge is -2.58. The Morgan fingerprint density at radius 1 is 1.16 bits per heavy atom. The van der Waals surface area contributed by atoms with Crippen LogP contribution in [0.2, 0.25) is 18.1 Å². The molecule has 0 aromatic heterocycles. The Balaban J connectivity index is 1.58. The van der Waals surface area contributed by atoms with Gasteiger partial charge >= 0.3 is 0 Å². The highest BCUT2D eigenvalue weighted by Gasteiger charge is 2.58. The third-order valence-corrected chi connectivity index (χ3v) is 16.3. The van der Waals surface area contributed by atoms with E-state index in [9.17, 15) is 10.2 Å². The van der Waals surface area contributed by atoms with E-state index in [1.54, 1.807) is 25.0 Å². The molecule has 2 fully saturated rings. The third kappa shape index (κ3) is 5.42. The molecular weight excluding hydrogens is 505 g/mol. The molecule has 7 atom stereocenters. The summed E-state index contributed by atoms with van der Waals surface area (Å²) in [5.41, 5.74) is 3.82. The van der Waals surface area contributed by atoms with Crippen LogP contribution in [0.5, 0.6) is 0 Å². The van der Waals surface area contributed by atoms with Gasteiger partial charge in [-0.1, -0.05) is 81.4 Å². The summed E-state index contributed by atoms with van der Waals surface area (Å²) in [7, 11) is -1.99. The fourth-order valence-electron chi connectivity index (χ4n) is 7.48. The maximum atomic E-state index is 10.9. The molecule has 0 spiro atoms. The molecule has 0 aliphatic heterocycles. The first-order valence-electron chi connectivity index (χ1n) is 14.7. The van der Waals surface area contributed by atoms with E-state index in [0.29, 0.717) is 17.1 Å². The van der Waals surface area contributed by atoms with Crippen LogP contribution in [0.1, 0.15) is 87.5 Å². The van der Waals surface area contributed by atoms with Crippen molar-refractivity contribution in [3.8, 4) is 11.8 Å². The van der Waals surface area contributed by atoms with Gasteiger partial charge in [-0.3, -0.25) is 0 Å². The Bertz CT molecular complexity index is 1080. The van der Waals surface area contributed by atoms with E-state index in [1.165, 1.54) is 18.4 Å². The predicted octanol–water partition coefficient (Wildman–Crippen LogP) is 7.66. The number of fused-ring (bicyclic) bond motifs is 5. The largest absolute Gasteiger partial charge is 0.413 e. The number of aliphatic hydroxyl groups is 2. The SMILES string of the molecule is CC(SCC#CC(C)(C)O)C1=CC[C@H]2C3=CC=C4CC(O)CC(O[Si](C)(C)C(C)(C)C)[C@]4(C)[C@H]3CC[C@]12C. The van der Waals surface area contributed by atoms with Crippen LogP contribution in [-0.4, -0.2) is 47.3 Å². The maximum Gasteiger partial charge on any atom is 0.192 e. The fraction of sp³-hybridized carbons (Fsp3) is 0.758. The summed E-state index contributed by atoms with van der Waals surface area (Å²) in [6.07, 6.45) is 12.1. The normalized spacial score (nSPS) is 36.1. The Hall–Kier alpha value is -0.773. The summed E-state index contributed by atoms with van der Waals surface area (Å²) >= 11 is 1.90. The van der Waals surface area contributed by atoms with E-state index in [-0.39, 0.29) is 28.1 Å². The van der Waals surface area contributed by atoms with Crippen LogP contribution in [0.4, 0.5) is 0 Å². The minimum atomic E-state index is -1.99. The average molecular weight is 557 g/mol. The van der Waals surface area contributed by atoms with Crippen LogP contribution in [-0.2, 0) is 4.43 Å². The van der Waals surface area contributed by atoms with Crippen LogP contribution < -0.4 is 0 Å². The van der Waals surface area contributed by atoms with Crippen molar-refractivity contribution in [2.75, 3.05) is 5.75 Å². The second-order valence-electron chi connectivity index (χ2n) is 14.9. The van der Waals surface area contributed by atoms with E-state index in [0.717, 1.165) is 25.0 Å². The molecule has 4 aliphatic carbocycles. The third-order valence-electron chi connectivity index (χ3n) is 10.7. The molecule has 2 saturated carbocycles. The summed E-state index contributed by atoms with van der Waals surface area (Å²) in [6.45, 7) is 22.4. The van der Waals surface area contributed by atoms with Crippen molar-refractivity contribution in [2.45, 2.75) is 129 Å². The summed E-state index contributed by atoms with van der Waals surface area (Å²) < 4.78 is 7.17. The molecule has 3 nitrogen and oxygen atoms in total. The topological polar surface area (TPSA) is 49.7 Å². The van der Waals surface area contributed by atoms with Crippen molar-refractivity contribution in [3.63, 3.8) is 0 Å². The number of allylic oxidation sites excluding steroid dienone is 4. The molecular formula is C33H52O3SSi. The van der Waals surface area contributed by atoms with Crippen LogP contribution in [0.25, 0.3) is 0 Å². The smallest absolute Gasteiger partial charge is 0.192 e. The van der Waals surface area contributed by atoms with Crippen LogP contribution in [0.3, 0.4) is 0 Å². The molecule has 2 N–H and O–H groups in total. The monoisotopic (exact) mass is 556 g/mol. The molecule has 38 heavy (non-hydrogen) atoms. The van der Waals surface area contributed by atoms with E-state index in [4.69, 9.17) is 4.43 Å². The van der Waals surface area contributed by atoms with Crippen molar-refractivity contribution in [3.05, 3.63) is 34.9 Å². The van der Waals surface area contributed by atoms with Crippen LogP contribution in [0, 0.1) is 34.5 Å². The number of aliphatic hydroxyl groups excluding tert-OH is 1. The molecule has 4 aliphatic rings. The van der Waals surface area contributed by atoms with Gasteiger partial charge in [0.2, 0.25) is 0 Å². The lowest BCUT2D eigenvalue weighted by molar-refractivity contribution is -0.0417. The Morgan fingerprint density at radius 3 is 2.47 bits per heavy atom. The molecule has 3 unspecified atom stereocenters. The Morgan fingerprint density at radius 2 is 1.84 bits per heavy atom. The average Bonchev–Trinajstić information content (AvgIpc) is 3.13. The van der Waals surface area contributed by atoms with E-state index in [1.807, 2.05) is 11.8 Å². The van der Waals surface area contributed by atoms with E-state index in [2.05, 4.69) is 84.7 Å². The zero-order valence-electron chi connectivity index (χ0n) is 25.6. The number of rotatable bonds is 5. The highest BCUT2D eigenvalue weighted by Crippen LogP contribution is 2.65. The minimum absolute atomic E-state index is 0.0457. The molecule has 0 aromatic carbocycles. The van der Waals surface area contributed by atoms with Gasteiger partial charge in [-0.15, -0.1) is 11.8 Å². The quantitative estimate of drug-likeness (QED) is 0.207. The van der Waals surface area contributed by atoms with Gasteiger partial charge in [0.05, 0.1) is 18.0 Å². The van der Waals surface area contributed by atoms with Crippen LogP contribution >= 0.6 is 11.8 Å². The van der Waals surface area contributed by atoms with Crippen molar-refractivity contribution in [1.29, 1.82) is 0 Å². The molecule has 5 heteroatoms. The Labute approximate surface area is 238 Å². The predicted molar refractivity (Wildman–Crippen MR) is 165 cm³/mol. The zero-order chi connectivity index (χ0) is 28.3. The van der Waals surface area contributed by atoms with Crippen LogP contribution in [0.15, 0.2) is 34.9 Å². The zero-order valence-corrected chi connectivity index (χ0v) is 27.4. The molecule has 0 radical (unpaired) electrons. The van der Waals surface area contributed by atoms with Gasteiger partial charge in [0.15, 0.2) is 8.32 Å². The summed E-state index contributed by atoms with van der Waals surface area (Å²) in [5.74, 6) is 7.89. The number of hydrogen-bond acceptors (Lipinski definition) is 4. The van der Waals surface area contributed by atoms with Gasteiger partial charge < -0.3 is 14.6 Å². The lowest BCUT2D eigenvalue weighted by Crippen LogP contribution is -2.57. The van der Waals surface area contributed by atoms with Crippen molar-refractivity contribution >= 4 is 20.1 Å². The van der Waals surface area contributed by atoms with Crippen molar-refractivity contribution in [2.24, 2.45) is 22.7 Å².